The van der Waals surface area contributed by atoms with Gasteiger partial charge in [-0.25, -0.2) is 0 Å². The van der Waals surface area contributed by atoms with Crippen molar-refractivity contribution in [2.75, 3.05) is 6.61 Å². The number of unbranched alkanes of at least 4 members (excludes halogenated alkanes) is 4. The van der Waals surface area contributed by atoms with Crippen molar-refractivity contribution in [1.29, 1.82) is 0 Å². The zero-order chi connectivity index (χ0) is 12.9. The fourth-order valence-electron chi connectivity index (χ4n) is 1.56. The molecule has 98 valence electrons. The Morgan fingerprint density at radius 2 is 2.00 bits per heavy atom. The van der Waals surface area contributed by atoms with Crippen molar-refractivity contribution in [1.82, 2.24) is 0 Å². The molecule has 2 heteroatoms. The molecule has 0 bridgehead atoms. The summed E-state index contributed by atoms with van der Waals surface area (Å²) in [5.41, 5.74) is 0. The van der Waals surface area contributed by atoms with Gasteiger partial charge in [0.1, 0.15) is 0 Å². The Kier molecular flexibility index (Phi) is 10.9. The average Bonchev–Trinajstić information content (AvgIpc) is 2.29. The van der Waals surface area contributed by atoms with E-state index in [4.69, 9.17) is 4.74 Å². The molecule has 1 atom stereocenters. The molecule has 1 unspecified atom stereocenters. The van der Waals surface area contributed by atoms with E-state index in [1.807, 2.05) is 0 Å². The van der Waals surface area contributed by atoms with E-state index in [9.17, 15) is 4.79 Å². The van der Waals surface area contributed by atoms with E-state index >= 15 is 0 Å². The lowest BCUT2D eigenvalue weighted by atomic mass is 10.1. The molecule has 0 amide bonds. The third kappa shape index (κ3) is 13.0. The Balaban J connectivity index is 3.41. The van der Waals surface area contributed by atoms with Crippen molar-refractivity contribution >= 4 is 5.97 Å². The van der Waals surface area contributed by atoms with Crippen LogP contribution in [0, 0.1) is 17.8 Å². The first-order valence-corrected chi connectivity index (χ1v) is 6.78. The molecule has 0 aromatic carbocycles. The first-order chi connectivity index (χ1) is 8.16. The summed E-state index contributed by atoms with van der Waals surface area (Å²) in [5, 5.41) is 0. The maximum absolute atomic E-state index is 10.5. The van der Waals surface area contributed by atoms with Gasteiger partial charge in [-0.1, -0.05) is 33.1 Å². The molecule has 0 saturated heterocycles. The normalized spacial score (nSPS) is 11.5. The van der Waals surface area contributed by atoms with Gasteiger partial charge in [0.2, 0.25) is 0 Å². The molecule has 0 rings (SSSR count). The molecule has 0 saturated carbocycles. The van der Waals surface area contributed by atoms with Crippen LogP contribution in [0.2, 0.25) is 0 Å². The minimum absolute atomic E-state index is 0.195. The smallest absolute Gasteiger partial charge is 0.302 e. The van der Waals surface area contributed by atoms with Crippen molar-refractivity contribution in [3.05, 3.63) is 0 Å². The Bertz CT molecular complexity index is 247. The van der Waals surface area contributed by atoms with E-state index in [2.05, 4.69) is 25.7 Å². The summed E-state index contributed by atoms with van der Waals surface area (Å²) < 4.78 is 4.88. The molecule has 0 aromatic rings. The van der Waals surface area contributed by atoms with Crippen molar-refractivity contribution in [3.63, 3.8) is 0 Å². The minimum atomic E-state index is -0.195. The zero-order valence-electron chi connectivity index (χ0n) is 11.6. The molecule has 0 fully saturated rings. The number of ether oxygens (including phenoxy) is 1. The van der Waals surface area contributed by atoms with Crippen LogP contribution in [-0.4, -0.2) is 12.6 Å². The molecule has 0 aromatic heterocycles. The molecule has 0 radical (unpaired) electrons. The van der Waals surface area contributed by atoms with Crippen LogP contribution in [0.15, 0.2) is 0 Å². The summed E-state index contributed by atoms with van der Waals surface area (Å²) in [6.45, 7) is 6.32. The SMILES string of the molecule is CCCCCCC#CC(C)CCCOC(C)=O. The van der Waals surface area contributed by atoms with Crippen molar-refractivity contribution in [2.24, 2.45) is 5.92 Å². The van der Waals surface area contributed by atoms with E-state index < -0.39 is 0 Å². The van der Waals surface area contributed by atoms with E-state index in [0.29, 0.717) is 12.5 Å². The van der Waals surface area contributed by atoms with Gasteiger partial charge in [-0.15, -0.1) is 11.8 Å². The predicted molar refractivity (Wildman–Crippen MR) is 71.6 cm³/mol. The van der Waals surface area contributed by atoms with Gasteiger partial charge < -0.3 is 4.74 Å². The first-order valence-electron chi connectivity index (χ1n) is 6.78. The quantitative estimate of drug-likeness (QED) is 0.364. The lowest BCUT2D eigenvalue weighted by Gasteiger charge is -2.03. The largest absolute Gasteiger partial charge is 0.466 e. The standard InChI is InChI=1S/C15H26O2/c1-4-5-6-7-8-9-11-14(2)12-10-13-17-15(3)16/h14H,4-8,10,12-13H2,1-3H3. The number of carbonyl (C=O) groups is 1. The summed E-state index contributed by atoms with van der Waals surface area (Å²) in [6.07, 6.45) is 8.06. The van der Waals surface area contributed by atoms with Gasteiger partial charge >= 0.3 is 5.97 Å². The number of rotatable bonds is 8. The Labute approximate surface area is 106 Å². The van der Waals surface area contributed by atoms with E-state index in [-0.39, 0.29) is 5.97 Å². The van der Waals surface area contributed by atoms with Gasteiger partial charge in [0.15, 0.2) is 0 Å². The third-order valence-electron chi connectivity index (χ3n) is 2.59. The summed E-state index contributed by atoms with van der Waals surface area (Å²) in [5.74, 6) is 6.71. The van der Waals surface area contributed by atoms with E-state index in [1.54, 1.807) is 0 Å². The zero-order valence-corrected chi connectivity index (χ0v) is 11.6. The van der Waals surface area contributed by atoms with Crippen molar-refractivity contribution in [2.45, 2.75) is 65.7 Å². The third-order valence-corrected chi connectivity index (χ3v) is 2.59. The summed E-state index contributed by atoms with van der Waals surface area (Å²) in [7, 11) is 0. The average molecular weight is 238 g/mol. The highest BCUT2D eigenvalue weighted by Gasteiger charge is 1.98. The van der Waals surface area contributed by atoms with Crippen molar-refractivity contribution < 1.29 is 9.53 Å². The van der Waals surface area contributed by atoms with Gasteiger partial charge in [0, 0.05) is 19.3 Å². The Hall–Kier alpha value is -0.970. The van der Waals surface area contributed by atoms with Crippen LogP contribution in [0.25, 0.3) is 0 Å². The molecule has 0 aliphatic carbocycles. The molecule has 0 spiro atoms. The van der Waals surface area contributed by atoms with Crippen LogP contribution in [-0.2, 0) is 9.53 Å². The van der Waals surface area contributed by atoms with Crippen LogP contribution >= 0.6 is 0 Å². The van der Waals surface area contributed by atoms with Crippen LogP contribution in [0.5, 0.6) is 0 Å². The fourth-order valence-corrected chi connectivity index (χ4v) is 1.56. The maximum atomic E-state index is 10.5. The fraction of sp³-hybridized carbons (Fsp3) is 0.800. The second-order valence-electron chi connectivity index (χ2n) is 4.52. The second kappa shape index (κ2) is 11.5. The monoisotopic (exact) mass is 238 g/mol. The lowest BCUT2D eigenvalue weighted by molar-refractivity contribution is -0.141. The van der Waals surface area contributed by atoms with Crippen molar-refractivity contribution in [3.8, 4) is 11.8 Å². The molecular weight excluding hydrogens is 212 g/mol. The Morgan fingerprint density at radius 1 is 1.24 bits per heavy atom. The van der Waals surface area contributed by atoms with Gasteiger partial charge in [-0.3, -0.25) is 4.79 Å². The van der Waals surface area contributed by atoms with Crippen LogP contribution in [0.3, 0.4) is 0 Å². The second-order valence-corrected chi connectivity index (χ2v) is 4.52. The number of hydrogen-bond acceptors (Lipinski definition) is 2. The van der Waals surface area contributed by atoms with Crippen LogP contribution in [0.1, 0.15) is 65.7 Å². The highest BCUT2D eigenvalue weighted by molar-refractivity contribution is 5.65. The lowest BCUT2D eigenvalue weighted by Crippen LogP contribution is -2.02. The minimum Gasteiger partial charge on any atom is -0.466 e. The topological polar surface area (TPSA) is 26.3 Å². The van der Waals surface area contributed by atoms with Gasteiger partial charge in [0.25, 0.3) is 0 Å². The summed E-state index contributed by atoms with van der Waals surface area (Å²) in [4.78, 5) is 10.5. The summed E-state index contributed by atoms with van der Waals surface area (Å²) >= 11 is 0. The molecule has 17 heavy (non-hydrogen) atoms. The van der Waals surface area contributed by atoms with Crippen LogP contribution in [0.4, 0.5) is 0 Å². The van der Waals surface area contributed by atoms with E-state index in [1.165, 1.54) is 32.6 Å². The molecule has 2 nitrogen and oxygen atoms in total. The molecule has 0 aliphatic heterocycles. The number of hydrogen-bond donors (Lipinski definition) is 0. The van der Waals surface area contributed by atoms with Crippen LogP contribution < -0.4 is 0 Å². The maximum Gasteiger partial charge on any atom is 0.302 e. The highest BCUT2D eigenvalue weighted by atomic mass is 16.5. The van der Waals surface area contributed by atoms with Gasteiger partial charge in [0.05, 0.1) is 6.61 Å². The highest BCUT2D eigenvalue weighted by Crippen LogP contribution is 2.05. The summed E-state index contributed by atoms with van der Waals surface area (Å²) in [6, 6.07) is 0. The molecule has 0 aliphatic rings. The van der Waals surface area contributed by atoms with E-state index in [0.717, 1.165) is 19.3 Å². The first kappa shape index (κ1) is 16.0. The number of carbonyl (C=O) groups excluding carboxylic acids is 1. The predicted octanol–water partition coefficient (Wildman–Crippen LogP) is 3.94. The Morgan fingerprint density at radius 3 is 2.65 bits per heavy atom. The van der Waals surface area contributed by atoms with Gasteiger partial charge in [-0.05, 0) is 19.3 Å². The van der Waals surface area contributed by atoms with Gasteiger partial charge in [-0.2, -0.15) is 0 Å². The molecule has 0 heterocycles. The molecule has 0 N–H and O–H groups in total. The number of esters is 1. The molecular formula is C15H26O2.